The third-order valence-corrected chi connectivity index (χ3v) is 7.55. The Bertz CT molecular complexity index is 877. The van der Waals surface area contributed by atoms with Crippen molar-refractivity contribution in [2.75, 3.05) is 13.2 Å². The lowest BCUT2D eigenvalue weighted by Crippen LogP contribution is -2.47. The van der Waals surface area contributed by atoms with Crippen LogP contribution in [0.5, 0.6) is 0 Å². The lowest BCUT2D eigenvalue weighted by Gasteiger charge is -2.28. The van der Waals surface area contributed by atoms with Crippen LogP contribution in [-0.2, 0) is 24.4 Å². The van der Waals surface area contributed by atoms with Crippen LogP contribution in [0.25, 0.3) is 0 Å². The molecule has 0 amide bonds. The first-order chi connectivity index (χ1) is 12.6. The van der Waals surface area contributed by atoms with Gasteiger partial charge in [-0.3, -0.25) is 0 Å². The van der Waals surface area contributed by atoms with Gasteiger partial charge in [-0.2, -0.15) is 17.6 Å². The molecule has 15 heteroatoms. The van der Waals surface area contributed by atoms with E-state index >= 15 is 0 Å². The molecule has 0 aliphatic rings. The molecule has 0 bridgehead atoms. The molecule has 0 saturated carbocycles. The van der Waals surface area contributed by atoms with Crippen molar-refractivity contribution in [2.24, 2.45) is 0 Å². The molecule has 1 aromatic carbocycles. The largest absolute Gasteiger partial charge is 0.743 e. The Labute approximate surface area is 197 Å². The summed E-state index contributed by atoms with van der Waals surface area (Å²) in [6, 6.07) is 3.27. The molecule has 7 nitrogen and oxygen atoms in total. The van der Waals surface area contributed by atoms with Gasteiger partial charge in [0.1, 0.15) is 0 Å². The summed E-state index contributed by atoms with van der Waals surface area (Å²) in [5, 5.41) is -5.86. The van der Waals surface area contributed by atoms with Crippen molar-refractivity contribution in [3.63, 3.8) is 0 Å². The maximum absolute atomic E-state index is 13.2. The van der Waals surface area contributed by atoms with E-state index in [-0.39, 0.29) is 5.56 Å². The second-order valence-electron chi connectivity index (χ2n) is 4.97. The number of rotatable bonds is 8. The second kappa shape index (κ2) is 9.86. The highest BCUT2D eigenvalue weighted by Crippen LogP contribution is 2.40. The molecule has 158 valence electrons. The van der Waals surface area contributed by atoms with Crippen LogP contribution in [0.2, 0.25) is 0 Å². The molecule has 0 radical (unpaired) electrons. The summed E-state index contributed by atoms with van der Waals surface area (Å²) < 4.78 is 93.8. The number of esters is 2. The van der Waals surface area contributed by atoms with Crippen LogP contribution in [-0.4, -0.2) is 49.3 Å². The SMILES string of the molecule is O=C(COC(=O)c1cc(I)cc(I)c1I)OCCC(F)(F)C(F)(F)S(=O)(=O)[O-]. The van der Waals surface area contributed by atoms with E-state index in [1.807, 2.05) is 67.8 Å². The number of carbonyl (C=O) groups excluding carboxylic acids is 2. The smallest absolute Gasteiger partial charge is 0.396 e. The van der Waals surface area contributed by atoms with Crippen LogP contribution >= 0.6 is 67.8 Å². The molecule has 0 heterocycles. The van der Waals surface area contributed by atoms with E-state index in [9.17, 15) is 40.1 Å². The van der Waals surface area contributed by atoms with E-state index in [4.69, 9.17) is 0 Å². The molecule has 0 N–H and O–H groups in total. The Morgan fingerprint density at radius 3 is 2.18 bits per heavy atom. The number of benzene rings is 1. The van der Waals surface area contributed by atoms with Crippen molar-refractivity contribution in [2.45, 2.75) is 17.6 Å². The quantitative estimate of drug-likeness (QED) is 0.131. The summed E-state index contributed by atoms with van der Waals surface area (Å²) in [7, 11) is -6.62. The van der Waals surface area contributed by atoms with Gasteiger partial charge in [-0.1, -0.05) is 0 Å². The van der Waals surface area contributed by atoms with Crippen molar-refractivity contribution >= 4 is 89.8 Å². The Morgan fingerprint density at radius 1 is 1.07 bits per heavy atom. The van der Waals surface area contributed by atoms with Crippen LogP contribution < -0.4 is 0 Å². The first kappa shape index (κ1) is 26.0. The summed E-state index contributed by atoms with van der Waals surface area (Å²) in [5.74, 6) is -7.47. The minimum Gasteiger partial charge on any atom is -0.743 e. The van der Waals surface area contributed by atoms with Crippen LogP contribution in [0.4, 0.5) is 17.6 Å². The normalized spacial score (nSPS) is 12.6. The van der Waals surface area contributed by atoms with Gasteiger partial charge < -0.3 is 14.0 Å². The highest BCUT2D eigenvalue weighted by molar-refractivity contribution is 14.1. The molecule has 28 heavy (non-hydrogen) atoms. The van der Waals surface area contributed by atoms with E-state index in [0.717, 1.165) is 3.57 Å². The number of alkyl halides is 4. The lowest BCUT2D eigenvalue weighted by atomic mass is 10.2. The fourth-order valence-corrected chi connectivity index (χ4v) is 4.41. The van der Waals surface area contributed by atoms with Gasteiger partial charge in [0.15, 0.2) is 16.7 Å². The maximum atomic E-state index is 13.2. The van der Waals surface area contributed by atoms with Gasteiger partial charge >= 0.3 is 23.1 Å². The minimum absolute atomic E-state index is 0.150. The van der Waals surface area contributed by atoms with Crippen LogP contribution in [0.15, 0.2) is 12.1 Å². The third kappa shape index (κ3) is 6.49. The molecular formula is C13H8F4I3O7S-. The van der Waals surface area contributed by atoms with E-state index in [1.165, 1.54) is 6.07 Å². The van der Waals surface area contributed by atoms with Crippen LogP contribution in [0.1, 0.15) is 16.8 Å². The molecule has 1 rings (SSSR count). The first-order valence-corrected chi connectivity index (χ1v) is 11.4. The number of ether oxygens (including phenoxy) is 2. The number of carbonyl (C=O) groups is 2. The van der Waals surface area contributed by atoms with Gasteiger partial charge in [0.25, 0.3) is 0 Å². The van der Waals surface area contributed by atoms with Gasteiger partial charge in [-0.05, 0) is 79.9 Å². The standard InChI is InChI=1S/C13H9F4I3O7S/c14-12(15,13(16,17)28(23,24)25)1-2-26-9(21)5-27-11(22)7-3-6(18)4-8(19)10(7)20/h3-4H,1-2,5H2,(H,23,24,25)/p-1. The third-order valence-electron chi connectivity index (χ3n) is 2.95. The van der Waals surface area contributed by atoms with E-state index in [2.05, 4.69) is 9.47 Å². The molecule has 0 saturated heterocycles. The van der Waals surface area contributed by atoms with Crippen molar-refractivity contribution < 1.29 is 49.6 Å². The zero-order valence-electron chi connectivity index (χ0n) is 13.2. The topological polar surface area (TPSA) is 110 Å². The average molecular weight is 765 g/mol. The highest BCUT2D eigenvalue weighted by Gasteiger charge is 2.61. The maximum Gasteiger partial charge on any atom is 0.396 e. The Hall–Kier alpha value is -0.0200. The van der Waals surface area contributed by atoms with Gasteiger partial charge in [-0.25, -0.2) is 18.0 Å². The molecule has 0 spiro atoms. The van der Waals surface area contributed by atoms with Gasteiger partial charge in [0, 0.05) is 10.7 Å². The average Bonchev–Trinajstić information content (AvgIpc) is 2.54. The Balaban J connectivity index is 2.60. The zero-order valence-corrected chi connectivity index (χ0v) is 20.5. The van der Waals surface area contributed by atoms with Gasteiger partial charge in [0.05, 0.1) is 18.6 Å². The highest BCUT2D eigenvalue weighted by atomic mass is 127. The molecular weight excluding hydrogens is 757 g/mol. The van der Waals surface area contributed by atoms with Crippen molar-refractivity contribution in [1.29, 1.82) is 0 Å². The predicted molar refractivity (Wildman–Crippen MR) is 110 cm³/mol. The van der Waals surface area contributed by atoms with Crippen LogP contribution in [0.3, 0.4) is 0 Å². The fraction of sp³-hybridized carbons (Fsp3) is 0.385. The molecule has 0 fully saturated rings. The van der Waals surface area contributed by atoms with Crippen molar-refractivity contribution in [3.8, 4) is 0 Å². The van der Waals surface area contributed by atoms with E-state index < -0.39 is 52.9 Å². The van der Waals surface area contributed by atoms with Crippen molar-refractivity contribution in [1.82, 2.24) is 0 Å². The predicted octanol–water partition coefficient (Wildman–Crippen LogP) is 3.36. The molecule has 1 aromatic rings. The van der Waals surface area contributed by atoms with Crippen LogP contribution in [0, 0.1) is 10.7 Å². The van der Waals surface area contributed by atoms with Gasteiger partial charge in [-0.15, -0.1) is 0 Å². The van der Waals surface area contributed by atoms with Crippen molar-refractivity contribution in [3.05, 3.63) is 28.4 Å². The minimum atomic E-state index is -6.62. The number of halogens is 7. The molecule has 0 atom stereocenters. The summed E-state index contributed by atoms with van der Waals surface area (Å²) in [4.78, 5) is 23.4. The summed E-state index contributed by atoms with van der Waals surface area (Å²) in [5.41, 5.74) is 0.150. The van der Waals surface area contributed by atoms with E-state index in [0.29, 0.717) is 7.14 Å². The number of hydrogen-bond donors (Lipinski definition) is 0. The molecule has 0 unspecified atom stereocenters. The molecule has 0 aliphatic carbocycles. The monoisotopic (exact) mass is 765 g/mol. The Morgan fingerprint density at radius 2 is 1.64 bits per heavy atom. The first-order valence-electron chi connectivity index (χ1n) is 6.78. The summed E-state index contributed by atoms with van der Waals surface area (Å²) >= 11 is 5.82. The number of hydrogen-bond acceptors (Lipinski definition) is 7. The zero-order chi connectivity index (χ0) is 21.9. The summed E-state index contributed by atoms with van der Waals surface area (Å²) in [6.07, 6.45) is -1.92. The van der Waals surface area contributed by atoms with E-state index in [1.54, 1.807) is 6.07 Å². The fourth-order valence-electron chi connectivity index (χ4n) is 1.57. The Kier molecular flexibility index (Phi) is 9.16. The second-order valence-corrected chi connectivity index (χ2v) is 9.88. The van der Waals surface area contributed by atoms with Gasteiger partial charge in [0.2, 0.25) is 0 Å². The summed E-state index contributed by atoms with van der Waals surface area (Å²) in [6.45, 7) is -2.31. The molecule has 0 aliphatic heterocycles. The molecule has 0 aromatic heterocycles. The lowest BCUT2D eigenvalue weighted by molar-refractivity contribution is -0.175.